The third kappa shape index (κ3) is 4.77. The molecule has 0 saturated carbocycles. The van der Waals surface area contributed by atoms with Crippen molar-refractivity contribution in [1.82, 2.24) is 14.9 Å². The molecule has 0 bridgehead atoms. The molecule has 1 aromatic carbocycles. The largest absolute Gasteiger partial charge is 0.449 e. The molecule has 0 aliphatic rings. The Morgan fingerprint density at radius 2 is 1.67 bits per heavy atom. The molecule has 9 nitrogen and oxygen atoms in total. The summed E-state index contributed by atoms with van der Waals surface area (Å²) >= 11 is 0. The fourth-order valence-electron chi connectivity index (χ4n) is 1.53. The van der Waals surface area contributed by atoms with Crippen LogP contribution in [0, 0.1) is 0 Å². The molecule has 0 aliphatic carbocycles. The van der Waals surface area contributed by atoms with E-state index in [-0.39, 0.29) is 10.5 Å². The van der Waals surface area contributed by atoms with E-state index in [4.69, 9.17) is 4.74 Å². The fraction of sp³-hybridized carbons (Fsp3) is 0.357. The van der Waals surface area contributed by atoms with E-state index in [1.807, 2.05) is 5.32 Å². The Hall–Kier alpha value is -2.46. The molecule has 0 fully saturated rings. The quantitative estimate of drug-likeness (QED) is 0.712. The highest BCUT2D eigenvalue weighted by molar-refractivity contribution is 7.89. The number of rotatable bonds is 5. The molecule has 0 aromatic heterocycles. The average Bonchev–Trinajstić information content (AvgIpc) is 2.54. The monoisotopic (exact) mass is 357 g/mol. The summed E-state index contributed by atoms with van der Waals surface area (Å²) in [6, 6.07) is 4.37. The van der Waals surface area contributed by atoms with Gasteiger partial charge >= 0.3 is 12.0 Å². The van der Waals surface area contributed by atoms with Crippen LogP contribution in [-0.4, -0.2) is 57.9 Å². The molecule has 1 aromatic rings. The highest BCUT2D eigenvalue weighted by Crippen LogP contribution is 2.15. The number of ether oxygens (including phenoxy) is 1. The molecule has 0 spiro atoms. The van der Waals surface area contributed by atoms with Gasteiger partial charge in [-0.2, -0.15) is 0 Å². The van der Waals surface area contributed by atoms with Crippen LogP contribution < -0.4 is 10.6 Å². The summed E-state index contributed by atoms with van der Waals surface area (Å²) in [4.78, 5) is 34.6. The van der Waals surface area contributed by atoms with E-state index >= 15 is 0 Å². The predicted octanol–water partition coefficient (Wildman–Crippen LogP) is -0.0622. The first-order valence-corrected chi connectivity index (χ1v) is 8.29. The number of nitrogens with zero attached hydrogens (tertiary/aromatic N) is 1. The number of amides is 3. The maximum Gasteiger partial charge on any atom is 0.338 e. The fourth-order valence-corrected chi connectivity index (χ4v) is 2.43. The van der Waals surface area contributed by atoms with Gasteiger partial charge in [0.05, 0.1) is 10.5 Å². The van der Waals surface area contributed by atoms with Crippen molar-refractivity contribution in [2.75, 3.05) is 21.1 Å². The van der Waals surface area contributed by atoms with Gasteiger partial charge in [0, 0.05) is 21.1 Å². The van der Waals surface area contributed by atoms with Gasteiger partial charge in [-0.25, -0.2) is 22.3 Å². The van der Waals surface area contributed by atoms with Gasteiger partial charge in [-0.15, -0.1) is 0 Å². The molecule has 132 valence electrons. The second-order valence-electron chi connectivity index (χ2n) is 4.93. The molecule has 1 atom stereocenters. The molecule has 0 radical (unpaired) electrons. The Morgan fingerprint density at radius 1 is 1.12 bits per heavy atom. The number of sulfonamides is 1. The normalized spacial score (nSPS) is 12.4. The zero-order valence-corrected chi connectivity index (χ0v) is 14.5. The third-order valence-electron chi connectivity index (χ3n) is 2.99. The van der Waals surface area contributed by atoms with Crippen molar-refractivity contribution in [2.24, 2.45) is 0 Å². The van der Waals surface area contributed by atoms with Crippen LogP contribution in [0.15, 0.2) is 29.2 Å². The van der Waals surface area contributed by atoms with E-state index in [1.54, 1.807) is 0 Å². The lowest BCUT2D eigenvalue weighted by Crippen LogP contribution is -2.43. The van der Waals surface area contributed by atoms with Crippen molar-refractivity contribution in [3.63, 3.8) is 0 Å². The van der Waals surface area contributed by atoms with Gasteiger partial charge in [-0.3, -0.25) is 10.1 Å². The highest BCUT2D eigenvalue weighted by atomic mass is 32.2. The van der Waals surface area contributed by atoms with Crippen LogP contribution in [0.3, 0.4) is 0 Å². The van der Waals surface area contributed by atoms with Crippen LogP contribution in [0.25, 0.3) is 0 Å². The van der Waals surface area contributed by atoms with E-state index in [0.29, 0.717) is 0 Å². The number of nitrogens with one attached hydrogen (secondary N) is 2. The number of carbonyl (C=O) groups is 3. The summed E-state index contributed by atoms with van der Waals surface area (Å²) < 4.78 is 29.8. The summed E-state index contributed by atoms with van der Waals surface area (Å²) in [6.45, 7) is 1.31. The molecule has 10 heteroatoms. The maximum atomic E-state index is 11.9. The van der Waals surface area contributed by atoms with Gasteiger partial charge in [0.1, 0.15) is 0 Å². The van der Waals surface area contributed by atoms with Crippen molar-refractivity contribution < 1.29 is 27.5 Å². The van der Waals surface area contributed by atoms with Gasteiger partial charge in [-0.1, -0.05) is 0 Å². The molecule has 0 saturated heterocycles. The van der Waals surface area contributed by atoms with Crippen molar-refractivity contribution >= 4 is 27.9 Å². The topological polar surface area (TPSA) is 122 Å². The Balaban J connectivity index is 2.79. The van der Waals surface area contributed by atoms with Crippen LogP contribution in [0.4, 0.5) is 4.79 Å². The molecule has 3 amide bonds. The maximum absolute atomic E-state index is 11.9. The smallest absolute Gasteiger partial charge is 0.338 e. The number of hydrogen-bond acceptors (Lipinski definition) is 6. The molecule has 2 N–H and O–H groups in total. The van der Waals surface area contributed by atoms with E-state index in [0.717, 1.165) is 4.31 Å². The first-order valence-electron chi connectivity index (χ1n) is 6.85. The van der Waals surface area contributed by atoms with Gasteiger partial charge in [0.2, 0.25) is 10.0 Å². The summed E-state index contributed by atoms with van der Waals surface area (Å²) in [5.74, 6) is -1.60. The Labute approximate surface area is 140 Å². The minimum Gasteiger partial charge on any atom is -0.449 e. The molecule has 0 aliphatic heterocycles. The summed E-state index contributed by atoms with van der Waals surface area (Å²) in [5, 5.41) is 4.17. The van der Waals surface area contributed by atoms with E-state index < -0.39 is 34.0 Å². The van der Waals surface area contributed by atoms with E-state index in [9.17, 15) is 22.8 Å². The van der Waals surface area contributed by atoms with E-state index in [1.165, 1.54) is 52.3 Å². The standard InChI is InChI=1S/C14H19N3O6S/c1-9(12(18)16-14(20)15-2)23-13(19)10-5-7-11(8-6-10)24(21,22)17(3)4/h5-9H,1-4H3,(H2,15,16,18,20)/t9-/m0/s1. The lowest BCUT2D eigenvalue weighted by molar-refractivity contribution is -0.127. The van der Waals surface area contributed by atoms with Crippen molar-refractivity contribution in [1.29, 1.82) is 0 Å². The van der Waals surface area contributed by atoms with Crippen LogP contribution in [0.5, 0.6) is 0 Å². The van der Waals surface area contributed by atoms with Gasteiger partial charge in [-0.05, 0) is 31.2 Å². The van der Waals surface area contributed by atoms with Crippen molar-refractivity contribution in [3.8, 4) is 0 Å². The van der Waals surface area contributed by atoms with Gasteiger partial charge in [0.15, 0.2) is 6.10 Å². The minimum absolute atomic E-state index is 0.0226. The zero-order chi connectivity index (χ0) is 18.5. The van der Waals surface area contributed by atoms with Gasteiger partial charge < -0.3 is 10.1 Å². The molecular formula is C14H19N3O6S. The predicted molar refractivity (Wildman–Crippen MR) is 84.8 cm³/mol. The van der Waals surface area contributed by atoms with E-state index in [2.05, 4.69) is 5.32 Å². The summed E-state index contributed by atoms with van der Waals surface area (Å²) in [6.07, 6.45) is -1.19. The van der Waals surface area contributed by atoms with Crippen LogP contribution >= 0.6 is 0 Å². The SMILES string of the molecule is CNC(=O)NC(=O)[C@H](C)OC(=O)c1ccc(S(=O)(=O)N(C)C)cc1. The first-order chi connectivity index (χ1) is 11.1. The summed E-state index contributed by atoms with van der Waals surface area (Å²) in [7, 11) is 0.523. The minimum atomic E-state index is -3.60. The Bertz CT molecular complexity index is 727. The number of urea groups is 1. The average molecular weight is 357 g/mol. The van der Waals surface area contributed by atoms with Crippen LogP contribution in [0.2, 0.25) is 0 Å². The lowest BCUT2D eigenvalue weighted by atomic mass is 10.2. The highest BCUT2D eigenvalue weighted by Gasteiger charge is 2.22. The number of hydrogen-bond donors (Lipinski definition) is 2. The van der Waals surface area contributed by atoms with Crippen LogP contribution in [-0.2, 0) is 19.6 Å². The van der Waals surface area contributed by atoms with Crippen molar-refractivity contribution in [3.05, 3.63) is 29.8 Å². The number of benzene rings is 1. The lowest BCUT2D eigenvalue weighted by Gasteiger charge is -2.13. The zero-order valence-electron chi connectivity index (χ0n) is 13.7. The third-order valence-corrected chi connectivity index (χ3v) is 4.81. The number of esters is 1. The van der Waals surface area contributed by atoms with Crippen molar-refractivity contribution in [2.45, 2.75) is 17.9 Å². The molecule has 1 rings (SSSR count). The van der Waals surface area contributed by atoms with Gasteiger partial charge in [0.25, 0.3) is 5.91 Å². The summed E-state index contributed by atoms with van der Waals surface area (Å²) in [5.41, 5.74) is 0.0762. The Kier molecular flexibility index (Phi) is 6.43. The second kappa shape index (κ2) is 7.88. The van der Waals surface area contributed by atoms with Crippen LogP contribution in [0.1, 0.15) is 17.3 Å². The molecular weight excluding hydrogens is 338 g/mol. The molecule has 0 heterocycles. The number of imide groups is 1. The second-order valence-corrected chi connectivity index (χ2v) is 7.08. The molecule has 24 heavy (non-hydrogen) atoms. The Morgan fingerprint density at radius 3 is 2.12 bits per heavy atom. The number of carbonyl (C=O) groups excluding carboxylic acids is 3. The first kappa shape index (κ1) is 19.6. The molecule has 0 unspecified atom stereocenters.